The van der Waals surface area contributed by atoms with Gasteiger partial charge in [0.25, 0.3) is 0 Å². The van der Waals surface area contributed by atoms with Gasteiger partial charge >= 0.3 is 0 Å². The number of nitrogens with zero attached hydrogens (tertiary/aromatic N) is 4. The maximum absolute atomic E-state index is 12.0. The Morgan fingerprint density at radius 3 is 2.68 bits per heavy atom. The van der Waals surface area contributed by atoms with E-state index in [2.05, 4.69) is 36.3 Å². The molecule has 2 aromatic heterocycles. The van der Waals surface area contributed by atoms with Crippen LogP contribution in [0.5, 0.6) is 0 Å². The molecular weight excluding hydrogens is 278 g/mol. The summed E-state index contributed by atoms with van der Waals surface area (Å²) in [5.41, 5.74) is 2.02. The fourth-order valence-corrected chi connectivity index (χ4v) is 2.14. The molecule has 0 fully saturated rings. The number of hydrogen-bond donors (Lipinski definition) is 1. The van der Waals surface area contributed by atoms with Crippen molar-refractivity contribution in [2.24, 2.45) is 19.5 Å². The molecule has 1 amide bonds. The van der Waals surface area contributed by atoms with Gasteiger partial charge in [0.15, 0.2) is 0 Å². The molecule has 0 aliphatic heterocycles. The Kier molecular flexibility index (Phi) is 4.49. The third-order valence-corrected chi connectivity index (χ3v) is 3.05. The van der Waals surface area contributed by atoms with E-state index in [-0.39, 0.29) is 11.3 Å². The van der Waals surface area contributed by atoms with Crippen molar-refractivity contribution in [1.29, 1.82) is 0 Å². The molecule has 0 saturated carbocycles. The molecule has 2 heterocycles. The molecule has 0 radical (unpaired) electrons. The second-order valence-electron chi connectivity index (χ2n) is 6.65. The first kappa shape index (κ1) is 16.0. The predicted octanol–water partition coefficient (Wildman–Crippen LogP) is 2.39. The summed E-state index contributed by atoms with van der Waals surface area (Å²) in [6, 6.07) is 1.92. The van der Waals surface area contributed by atoms with Crippen molar-refractivity contribution < 1.29 is 4.79 Å². The number of nitrogens with one attached hydrogen (secondary N) is 1. The van der Waals surface area contributed by atoms with Crippen molar-refractivity contribution in [3.8, 4) is 0 Å². The lowest BCUT2D eigenvalue weighted by molar-refractivity contribution is -0.111. The minimum Gasteiger partial charge on any atom is -0.307 e. The van der Waals surface area contributed by atoms with Gasteiger partial charge in [0.05, 0.1) is 11.9 Å². The average Bonchev–Trinajstić information content (AvgIpc) is 2.92. The summed E-state index contributed by atoms with van der Waals surface area (Å²) >= 11 is 0. The van der Waals surface area contributed by atoms with Crippen LogP contribution in [0.4, 0.5) is 5.82 Å². The summed E-state index contributed by atoms with van der Waals surface area (Å²) in [7, 11) is 3.66. The molecule has 0 aliphatic rings. The summed E-state index contributed by atoms with van der Waals surface area (Å²) in [5, 5.41) is 11.3. The van der Waals surface area contributed by atoms with E-state index in [1.165, 1.54) is 6.08 Å². The molecule has 0 aromatic carbocycles. The molecule has 22 heavy (non-hydrogen) atoms. The zero-order valence-electron chi connectivity index (χ0n) is 13.8. The van der Waals surface area contributed by atoms with Crippen LogP contribution in [0.15, 0.2) is 24.5 Å². The van der Waals surface area contributed by atoms with Crippen molar-refractivity contribution >= 4 is 17.8 Å². The Labute approximate surface area is 130 Å². The molecule has 0 saturated heterocycles. The molecule has 2 aromatic rings. The van der Waals surface area contributed by atoms with Crippen LogP contribution in [0.1, 0.15) is 32.0 Å². The number of carbonyl (C=O) groups excluding carboxylic acids is 1. The molecule has 0 bridgehead atoms. The lowest BCUT2D eigenvalue weighted by atomic mass is 9.91. The highest BCUT2D eigenvalue weighted by atomic mass is 16.1. The second kappa shape index (κ2) is 6.17. The summed E-state index contributed by atoms with van der Waals surface area (Å²) < 4.78 is 3.38. The number of anilines is 1. The zero-order valence-corrected chi connectivity index (χ0v) is 13.8. The Morgan fingerprint density at radius 2 is 2.09 bits per heavy atom. The molecule has 118 valence electrons. The highest BCUT2D eigenvalue weighted by Crippen LogP contribution is 2.21. The van der Waals surface area contributed by atoms with Gasteiger partial charge in [-0.25, -0.2) is 0 Å². The van der Waals surface area contributed by atoms with Crippen LogP contribution in [0.25, 0.3) is 6.08 Å². The fraction of sp³-hybridized carbons (Fsp3) is 0.438. The minimum absolute atomic E-state index is 0.163. The average molecular weight is 301 g/mol. The largest absolute Gasteiger partial charge is 0.307 e. The Bertz CT molecular complexity index is 688. The Balaban J connectivity index is 2.01. The van der Waals surface area contributed by atoms with Crippen molar-refractivity contribution in [3.05, 3.63) is 35.8 Å². The number of aryl methyl sites for hydroxylation is 2. The number of carbonyl (C=O) groups is 1. The van der Waals surface area contributed by atoms with E-state index in [0.717, 1.165) is 17.7 Å². The van der Waals surface area contributed by atoms with Gasteiger partial charge in [-0.2, -0.15) is 10.2 Å². The van der Waals surface area contributed by atoms with E-state index < -0.39 is 0 Å². The fourth-order valence-electron chi connectivity index (χ4n) is 2.14. The summed E-state index contributed by atoms with van der Waals surface area (Å²) in [5.74, 6) is 0.509. The molecule has 6 heteroatoms. The van der Waals surface area contributed by atoms with Gasteiger partial charge in [0.2, 0.25) is 5.91 Å². The van der Waals surface area contributed by atoms with Crippen molar-refractivity contribution in [2.45, 2.75) is 27.2 Å². The quantitative estimate of drug-likeness (QED) is 0.882. The lowest BCUT2D eigenvalue weighted by Crippen LogP contribution is -2.11. The van der Waals surface area contributed by atoms with Crippen molar-refractivity contribution in [1.82, 2.24) is 19.6 Å². The molecule has 2 rings (SSSR count). The van der Waals surface area contributed by atoms with Gasteiger partial charge in [-0.1, -0.05) is 20.8 Å². The van der Waals surface area contributed by atoms with Crippen molar-refractivity contribution in [3.63, 3.8) is 0 Å². The van der Waals surface area contributed by atoms with E-state index >= 15 is 0 Å². The summed E-state index contributed by atoms with van der Waals surface area (Å²) in [4.78, 5) is 12.0. The van der Waals surface area contributed by atoms with Crippen LogP contribution >= 0.6 is 0 Å². The van der Waals surface area contributed by atoms with Crippen LogP contribution in [-0.4, -0.2) is 25.5 Å². The topological polar surface area (TPSA) is 64.7 Å². The van der Waals surface area contributed by atoms with Crippen LogP contribution in [0.3, 0.4) is 0 Å². The highest BCUT2D eigenvalue weighted by Gasteiger charge is 2.15. The van der Waals surface area contributed by atoms with Crippen LogP contribution in [0, 0.1) is 5.41 Å². The van der Waals surface area contributed by atoms with Gasteiger partial charge in [0, 0.05) is 38.0 Å². The first-order valence-corrected chi connectivity index (χ1v) is 7.23. The number of hydrogen-bond acceptors (Lipinski definition) is 3. The van der Waals surface area contributed by atoms with Gasteiger partial charge in [0.1, 0.15) is 5.82 Å². The summed E-state index contributed by atoms with van der Waals surface area (Å²) in [6.45, 7) is 6.49. The maximum atomic E-state index is 12.0. The van der Waals surface area contributed by atoms with Crippen LogP contribution in [0.2, 0.25) is 0 Å². The van der Waals surface area contributed by atoms with E-state index in [1.807, 2.05) is 26.4 Å². The Hall–Kier alpha value is -2.37. The van der Waals surface area contributed by atoms with E-state index in [4.69, 9.17) is 0 Å². The molecule has 0 atom stereocenters. The third-order valence-electron chi connectivity index (χ3n) is 3.05. The van der Waals surface area contributed by atoms with E-state index in [0.29, 0.717) is 5.82 Å². The predicted molar refractivity (Wildman–Crippen MR) is 87.2 cm³/mol. The Morgan fingerprint density at radius 1 is 1.36 bits per heavy atom. The standard InChI is InChI=1S/C16H23N5O/c1-16(2,3)9-13-8-14(21(5)19-13)18-15(22)7-6-12-10-17-20(4)11-12/h6-8,10-11H,9H2,1-5H3,(H,18,22)/b7-6-. The SMILES string of the molecule is Cn1cc(/C=C\C(=O)Nc2cc(CC(C)(C)C)nn2C)cn1. The maximum Gasteiger partial charge on any atom is 0.249 e. The minimum atomic E-state index is -0.186. The molecule has 0 spiro atoms. The van der Waals surface area contributed by atoms with E-state index in [9.17, 15) is 4.79 Å². The molecule has 6 nitrogen and oxygen atoms in total. The molecular formula is C16H23N5O. The second-order valence-corrected chi connectivity index (χ2v) is 6.65. The van der Waals surface area contributed by atoms with Gasteiger partial charge in [-0.3, -0.25) is 14.2 Å². The molecule has 0 aliphatic carbocycles. The lowest BCUT2D eigenvalue weighted by Gasteiger charge is -2.15. The van der Waals surface area contributed by atoms with Crippen LogP contribution in [-0.2, 0) is 25.3 Å². The van der Waals surface area contributed by atoms with Gasteiger partial charge < -0.3 is 5.32 Å². The monoisotopic (exact) mass is 301 g/mol. The van der Waals surface area contributed by atoms with Gasteiger partial charge in [-0.05, 0) is 17.9 Å². The molecule has 0 unspecified atom stereocenters. The third kappa shape index (κ3) is 4.58. The summed E-state index contributed by atoms with van der Waals surface area (Å²) in [6.07, 6.45) is 7.63. The first-order valence-electron chi connectivity index (χ1n) is 7.23. The van der Waals surface area contributed by atoms with Crippen molar-refractivity contribution in [2.75, 3.05) is 5.32 Å². The smallest absolute Gasteiger partial charge is 0.249 e. The van der Waals surface area contributed by atoms with E-state index in [1.54, 1.807) is 21.6 Å². The van der Waals surface area contributed by atoms with Crippen LogP contribution < -0.4 is 5.32 Å². The number of aromatic nitrogens is 4. The van der Waals surface area contributed by atoms with Gasteiger partial charge in [-0.15, -0.1) is 0 Å². The highest BCUT2D eigenvalue weighted by molar-refractivity contribution is 6.01. The normalized spacial score (nSPS) is 12.0. The number of rotatable bonds is 4. The zero-order chi connectivity index (χ0) is 16.3. The number of amides is 1. The first-order chi connectivity index (χ1) is 10.2. The molecule has 1 N–H and O–H groups in total.